The molecular formula is C17H23N5O. The number of aromatic nitrogens is 4. The van der Waals surface area contributed by atoms with Gasteiger partial charge in [-0.1, -0.05) is 19.0 Å². The number of hydrogen-bond donors (Lipinski definition) is 0. The zero-order valence-corrected chi connectivity index (χ0v) is 13.8. The van der Waals surface area contributed by atoms with Crippen LogP contribution in [0.4, 0.5) is 5.82 Å². The molecule has 1 fully saturated rings. The maximum atomic E-state index is 5.39. The van der Waals surface area contributed by atoms with Gasteiger partial charge in [0, 0.05) is 36.2 Å². The summed E-state index contributed by atoms with van der Waals surface area (Å²) in [6, 6.07) is 0. The van der Waals surface area contributed by atoms with Gasteiger partial charge in [0.25, 0.3) is 0 Å². The third-order valence-corrected chi connectivity index (χ3v) is 4.89. The highest BCUT2D eigenvalue weighted by Gasteiger charge is 2.29. The number of piperidine rings is 1. The molecule has 4 rings (SSSR count). The molecule has 2 aromatic heterocycles. The molecule has 1 atom stereocenters. The Hall–Kier alpha value is -1.98. The first-order chi connectivity index (χ1) is 11.2. The Bertz CT molecular complexity index is 696. The third-order valence-electron chi connectivity index (χ3n) is 4.89. The lowest BCUT2D eigenvalue weighted by molar-refractivity contribution is 0.354. The fraction of sp³-hybridized carbons (Fsp3) is 0.647. The number of rotatable bonds is 3. The van der Waals surface area contributed by atoms with Gasteiger partial charge in [0.1, 0.15) is 12.1 Å². The van der Waals surface area contributed by atoms with E-state index in [1.165, 1.54) is 17.7 Å². The van der Waals surface area contributed by atoms with E-state index in [1.807, 2.05) is 0 Å². The standard InChI is InChI=1S/C17H23N5O/c1-11(2)17-20-15(21-23-17)12-5-4-8-22(9-12)16-13-6-3-7-14(13)18-10-19-16/h10-12H,3-9H2,1-2H3/t12-/m0/s1. The molecule has 0 amide bonds. The molecule has 0 bridgehead atoms. The van der Waals surface area contributed by atoms with Crippen molar-refractivity contribution in [3.63, 3.8) is 0 Å². The SMILES string of the molecule is CC(C)c1nc([C@H]2CCCN(c3ncnc4c3CCC4)C2)no1. The molecule has 0 aromatic carbocycles. The quantitative estimate of drug-likeness (QED) is 0.868. The molecule has 23 heavy (non-hydrogen) atoms. The molecule has 2 aliphatic rings. The van der Waals surface area contributed by atoms with Crippen molar-refractivity contribution < 1.29 is 4.52 Å². The zero-order chi connectivity index (χ0) is 15.8. The molecule has 1 aliphatic carbocycles. The van der Waals surface area contributed by atoms with E-state index in [0.29, 0.717) is 5.92 Å². The Labute approximate surface area is 136 Å². The minimum Gasteiger partial charge on any atom is -0.356 e. The summed E-state index contributed by atoms with van der Waals surface area (Å²) in [5.41, 5.74) is 2.59. The van der Waals surface area contributed by atoms with E-state index in [9.17, 15) is 0 Å². The summed E-state index contributed by atoms with van der Waals surface area (Å²) in [6.07, 6.45) is 7.35. The minimum atomic E-state index is 0.279. The van der Waals surface area contributed by atoms with Gasteiger partial charge >= 0.3 is 0 Å². The van der Waals surface area contributed by atoms with Crippen LogP contribution in [-0.2, 0) is 12.8 Å². The molecule has 0 unspecified atom stereocenters. The van der Waals surface area contributed by atoms with Crippen molar-refractivity contribution >= 4 is 5.82 Å². The topological polar surface area (TPSA) is 67.9 Å². The highest BCUT2D eigenvalue weighted by atomic mass is 16.5. The highest BCUT2D eigenvalue weighted by molar-refractivity contribution is 5.51. The van der Waals surface area contributed by atoms with Crippen LogP contribution in [0.25, 0.3) is 0 Å². The summed E-state index contributed by atoms with van der Waals surface area (Å²) >= 11 is 0. The van der Waals surface area contributed by atoms with E-state index in [2.05, 4.69) is 38.9 Å². The second-order valence-electron chi connectivity index (χ2n) is 6.91. The van der Waals surface area contributed by atoms with Crippen LogP contribution in [0.1, 0.15) is 67.9 Å². The summed E-state index contributed by atoms with van der Waals surface area (Å²) in [6.45, 7) is 6.12. The molecule has 1 aliphatic heterocycles. The highest BCUT2D eigenvalue weighted by Crippen LogP contribution is 2.33. The molecule has 0 N–H and O–H groups in total. The first kappa shape index (κ1) is 14.6. The Morgan fingerprint density at radius 2 is 2.13 bits per heavy atom. The van der Waals surface area contributed by atoms with Crippen LogP contribution in [0.5, 0.6) is 0 Å². The van der Waals surface area contributed by atoms with E-state index in [0.717, 1.165) is 56.3 Å². The lowest BCUT2D eigenvalue weighted by Crippen LogP contribution is -2.36. The van der Waals surface area contributed by atoms with Crippen molar-refractivity contribution in [3.05, 3.63) is 29.3 Å². The van der Waals surface area contributed by atoms with Gasteiger partial charge in [0.15, 0.2) is 5.82 Å². The van der Waals surface area contributed by atoms with Crippen molar-refractivity contribution in [3.8, 4) is 0 Å². The Kier molecular flexibility index (Phi) is 3.75. The Balaban J connectivity index is 1.56. The molecular weight excluding hydrogens is 290 g/mol. The van der Waals surface area contributed by atoms with Gasteiger partial charge < -0.3 is 9.42 Å². The van der Waals surface area contributed by atoms with Crippen LogP contribution < -0.4 is 4.90 Å². The van der Waals surface area contributed by atoms with E-state index in [-0.39, 0.29) is 5.92 Å². The summed E-state index contributed by atoms with van der Waals surface area (Å²) in [7, 11) is 0. The molecule has 6 nitrogen and oxygen atoms in total. The molecule has 3 heterocycles. The van der Waals surface area contributed by atoms with Crippen molar-refractivity contribution in [2.75, 3.05) is 18.0 Å². The van der Waals surface area contributed by atoms with Gasteiger partial charge in [-0.3, -0.25) is 0 Å². The molecule has 2 aromatic rings. The second kappa shape index (κ2) is 5.91. The molecule has 6 heteroatoms. The van der Waals surface area contributed by atoms with Gasteiger partial charge in [-0.15, -0.1) is 0 Å². The number of nitrogens with zero attached hydrogens (tertiary/aromatic N) is 5. The van der Waals surface area contributed by atoms with Crippen LogP contribution in [0.3, 0.4) is 0 Å². The molecule has 122 valence electrons. The predicted octanol–water partition coefficient (Wildman–Crippen LogP) is 2.86. The maximum absolute atomic E-state index is 5.39. The van der Waals surface area contributed by atoms with Crippen molar-refractivity contribution in [1.29, 1.82) is 0 Å². The monoisotopic (exact) mass is 313 g/mol. The van der Waals surface area contributed by atoms with Crippen molar-refractivity contribution in [1.82, 2.24) is 20.1 Å². The molecule has 0 saturated carbocycles. The van der Waals surface area contributed by atoms with Gasteiger partial charge in [-0.2, -0.15) is 4.98 Å². The molecule has 0 spiro atoms. The zero-order valence-electron chi connectivity index (χ0n) is 13.8. The average Bonchev–Trinajstić information content (AvgIpc) is 3.24. The van der Waals surface area contributed by atoms with E-state index in [1.54, 1.807) is 6.33 Å². The lowest BCUT2D eigenvalue weighted by atomic mass is 9.97. The van der Waals surface area contributed by atoms with Gasteiger partial charge in [-0.25, -0.2) is 9.97 Å². The number of aryl methyl sites for hydroxylation is 1. The Morgan fingerprint density at radius 3 is 2.96 bits per heavy atom. The van der Waals surface area contributed by atoms with Crippen LogP contribution in [0.2, 0.25) is 0 Å². The van der Waals surface area contributed by atoms with Gasteiger partial charge in [0.05, 0.1) is 0 Å². The maximum Gasteiger partial charge on any atom is 0.229 e. The van der Waals surface area contributed by atoms with Crippen molar-refractivity contribution in [2.45, 2.75) is 57.8 Å². The number of hydrogen-bond acceptors (Lipinski definition) is 6. The average molecular weight is 313 g/mol. The first-order valence-electron chi connectivity index (χ1n) is 8.63. The predicted molar refractivity (Wildman–Crippen MR) is 86.6 cm³/mol. The fourth-order valence-corrected chi connectivity index (χ4v) is 3.64. The summed E-state index contributed by atoms with van der Waals surface area (Å²) in [5, 5.41) is 4.22. The number of fused-ring (bicyclic) bond motifs is 1. The molecule has 1 saturated heterocycles. The Morgan fingerprint density at radius 1 is 1.22 bits per heavy atom. The van der Waals surface area contributed by atoms with Crippen LogP contribution in [-0.4, -0.2) is 33.2 Å². The van der Waals surface area contributed by atoms with Crippen molar-refractivity contribution in [2.24, 2.45) is 0 Å². The van der Waals surface area contributed by atoms with Crippen LogP contribution in [0, 0.1) is 0 Å². The van der Waals surface area contributed by atoms with Gasteiger partial charge in [0.2, 0.25) is 5.89 Å². The summed E-state index contributed by atoms with van der Waals surface area (Å²) < 4.78 is 5.39. The largest absolute Gasteiger partial charge is 0.356 e. The van der Waals surface area contributed by atoms with E-state index in [4.69, 9.17) is 4.52 Å². The third kappa shape index (κ3) is 2.71. The van der Waals surface area contributed by atoms with Crippen LogP contribution >= 0.6 is 0 Å². The van der Waals surface area contributed by atoms with E-state index >= 15 is 0 Å². The van der Waals surface area contributed by atoms with Crippen LogP contribution in [0.15, 0.2) is 10.9 Å². The summed E-state index contributed by atoms with van der Waals surface area (Å²) in [5.74, 6) is 3.32. The molecule has 0 radical (unpaired) electrons. The fourth-order valence-electron chi connectivity index (χ4n) is 3.64. The smallest absolute Gasteiger partial charge is 0.229 e. The second-order valence-corrected chi connectivity index (χ2v) is 6.91. The first-order valence-corrected chi connectivity index (χ1v) is 8.63. The number of anilines is 1. The summed E-state index contributed by atoms with van der Waals surface area (Å²) in [4.78, 5) is 16.0. The normalized spacial score (nSPS) is 21.0. The van der Waals surface area contributed by atoms with E-state index < -0.39 is 0 Å². The minimum absolute atomic E-state index is 0.279. The lowest BCUT2D eigenvalue weighted by Gasteiger charge is -2.33. The van der Waals surface area contributed by atoms with Gasteiger partial charge in [-0.05, 0) is 32.1 Å².